The third-order valence-electron chi connectivity index (χ3n) is 5.32. The first-order valence-corrected chi connectivity index (χ1v) is 10.6. The molecular weight excluding hydrogens is 392 g/mol. The zero-order chi connectivity index (χ0) is 21.8. The van der Waals surface area contributed by atoms with Gasteiger partial charge in [0.15, 0.2) is 0 Å². The average Bonchev–Trinajstić information content (AvgIpc) is 3.19. The van der Waals surface area contributed by atoms with Crippen molar-refractivity contribution in [3.63, 3.8) is 0 Å². The molecule has 1 aromatic carbocycles. The van der Waals surface area contributed by atoms with E-state index in [2.05, 4.69) is 33.8 Å². The smallest absolute Gasteiger partial charge is 0.257 e. The molecule has 0 aliphatic carbocycles. The number of para-hydroxylation sites is 1. The largest absolute Gasteiger partial charge is 0.477 e. The number of amides is 1. The van der Waals surface area contributed by atoms with Gasteiger partial charge in [-0.15, -0.1) is 0 Å². The molecule has 0 atom stereocenters. The Bertz CT molecular complexity index is 1030. The molecule has 31 heavy (non-hydrogen) atoms. The molecule has 8 nitrogen and oxygen atoms in total. The number of benzene rings is 1. The van der Waals surface area contributed by atoms with Crippen molar-refractivity contribution in [3.05, 3.63) is 60.2 Å². The minimum absolute atomic E-state index is 0.0166. The van der Waals surface area contributed by atoms with Crippen molar-refractivity contribution in [2.24, 2.45) is 5.92 Å². The van der Waals surface area contributed by atoms with Gasteiger partial charge in [0.1, 0.15) is 12.1 Å². The van der Waals surface area contributed by atoms with Gasteiger partial charge < -0.3 is 14.5 Å². The van der Waals surface area contributed by atoms with Gasteiger partial charge in [-0.25, -0.2) is 14.6 Å². The van der Waals surface area contributed by atoms with Gasteiger partial charge in [0.2, 0.25) is 5.88 Å². The van der Waals surface area contributed by atoms with E-state index in [9.17, 15) is 4.79 Å². The van der Waals surface area contributed by atoms with Crippen molar-refractivity contribution >= 4 is 11.7 Å². The minimum Gasteiger partial charge on any atom is -0.477 e. The van der Waals surface area contributed by atoms with Gasteiger partial charge >= 0.3 is 0 Å². The molecule has 1 aliphatic rings. The zero-order valence-electron chi connectivity index (χ0n) is 18.2. The third kappa shape index (κ3) is 4.68. The summed E-state index contributed by atoms with van der Waals surface area (Å²) in [6, 6.07) is 11.7. The summed E-state index contributed by atoms with van der Waals surface area (Å²) in [7, 11) is 0. The lowest BCUT2D eigenvalue weighted by molar-refractivity contribution is 0.0745. The number of carbonyl (C=O) groups excluding carboxylic acids is 1. The predicted molar refractivity (Wildman–Crippen MR) is 119 cm³/mol. The Morgan fingerprint density at radius 3 is 2.55 bits per heavy atom. The Balaban J connectivity index is 1.40. The van der Waals surface area contributed by atoms with Crippen molar-refractivity contribution in [2.75, 3.05) is 37.7 Å². The second-order valence-electron chi connectivity index (χ2n) is 8.09. The van der Waals surface area contributed by atoms with Gasteiger partial charge in [0, 0.05) is 32.2 Å². The molecule has 3 heterocycles. The van der Waals surface area contributed by atoms with Crippen molar-refractivity contribution in [3.8, 4) is 11.6 Å². The standard InChI is InChI=1S/C23H28N6O2/c1-17(2)15-31-22-13-21(24-16-25-22)27-9-11-28(12-10-27)23(30)20-14-26-29(18(20)3)19-7-5-4-6-8-19/h4-8,13-14,16-17H,9-12,15H2,1-3H3. The molecule has 4 rings (SSSR count). The third-order valence-corrected chi connectivity index (χ3v) is 5.32. The summed E-state index contributed by atoms with van der Waals surface area (Å²) in [5, 5.41) is 4.43. The monoisotopic (exact) mass is 420 g/mol. The summed E-state index contributed by atoms with van der Waals surface area (Å²) >= 11 is 0. The first-order chi connectivity index (χ1) is 15.0. The normalized spacial score (nSPS) is 14.2. The molecule has 0 bridgehead atoms. The number of anilines is 1. The van der Waals surface area contributed by atoms with Gasteiger partial charge in [-0.1, -0.05) is 32.0 Å². The average molecular weight is 421 g/mol. The van der Waals surface area contributed by atoms with Crippen LogP contribution in [0.15, 0.2) is 48.9 Å². The number of aromatic nitrogens is 4. The van der Waals surface area contributed by atoms with Crippen LogP contribution in [-0.2, 0) is 0 Å². The summed E-state index contributed by atoms with van der Waals surface area (Å²) in [6.45, 7) is 9.42. The van der Waals surface area contributed by atoms with Crippen LogP contribution in [0.25, 0.3) is 5.69 Å². The molecule has 1 saturated heterocycles. The van der Waals surface area contributed by atoms with Crippen LogP contribution in [0.4, 0.5) is 5.82 Å². The Kier molecular flexibility index (Phi) is 6.16. The lowest BCUT2D eigenvalue weighted by Gasteiger charge is -2.35. The second kappa shape index (κ2) is 9.16. The Morgan fingerprint density at radius 1 is 1.10 bits per heavy atom. The van der Waals surface area contributed by atoms with Crippen LogP contribution < -0.4 is 9.64 Å². The molecular formula is C23H28N6O2. The van der Waals surface area contributed by atoms with Crippen molar-refractivity contribution in [2.45, 2.75) is 20.8 Å². The highest BCUT2D eigenvalue weighted by atomic mass is 16.5. The molecule has 0 saturated carbocycles. The molecule has 1 fully saturated rings. The van der Waals surface area contributed by atoms with Gasteiger partial charge in [-0.05, 0) is 25.0 Å². The number of carbonyl (C=O) groups is 1. The number of hydrogen-bond donors (Lipinski definition) is 0. The van der Waals surface area contributed by atoms with E-state index < -0.39 is 0 Å². The first kappa shape index (κ1) is 20.8. The van der Waals surface area contributed by atoms with Crippen LogP contribution in [0.2, 0.25) is 0 Å². The van der Waals surface area contributed by atoms with Gasteiger partial charge in [-0.3, -0.25) is 4.79 Å². The van der Waals surface area contributed by atoms with Crippen LogP contribution in [-0.4, -0.2) is 63.3 Å². The molecule has 8 heteroatoms. The van der Waals surface area contributed by atoms with Crippen LogP contribution in [0.1, 0.15) is 29.9 Å². The maximum absolute atomic E-state index is 13.1. The predicted octanol–water partition coefficient (Wildman–Crippen LogP) is 2.97. The Hall–Kier alpha value is -3.42. The summed E-state index contributed by atoms with van der Waals surface area (Å²) < 4.78 is 7.53. The number of nitrogens with zero attached hydrogens (tertiary/aromatic N) is 6. The number of hydrogen-bond acceptors (Lipinski definition) is 6. The van der Waals surface area contributed by atoms with E-state index in [1.807, 2.05) is 52.9 Å². The first-order valence-electron chi connectivity index (χ1n) is 10.6. The zero-order valence-corrected chi connectivity index (χ0v) is 18.2. The minimum atomic E-state index is 0.0166. The van der Waals surface area contributed by atoms with Gasteiger partial charge in [-0.2, -0.15) is 5.10 Å². The van der Waals surface area contributed by atoms with E-state index in [0.29, 0.717) is 50.1 Å². The Morgan fingerprint density at radius 2 is 1.84 bits per heavy atom. The van der Waals surface area contributed by atoms with Crippen LogP contribution in [0.5, 0.6) is 5.88 Å². The highest BCUT2D eigenvalue weighted by molar-refractivity contribution is 5.95. The molecule has 0 N–H and O–H groups in total. The quantitative estimate of drug-likeness (QED) is 0.610. The molecule has 0 radical (unpaired) electrons. The van der Waals surface area contributed by atoms with Crippen LogP contribution >= 0.6 is 0 Å². The van der Waals surface area contributed by atoms with E-state index in [-0.39, 0.29) is 5.91 Å². The summed E-state index contributed by atoms with van der Waals surface area (Å²) in [4.78, 5) is 25.7. The van der Waals surface area contributed by atoms with E-state index >= 15 is 0 Å². The lowest BCUT2D eigenvalue weighted by Crippen LogP contribution is -2.49. The van der Waals surface area contributed by atoms with Crippen molar-refractivity contribution < 1.29 is 9.53 Å². The molecule has 1 aliphatic heterocycles. The molecule has 1 amide bonds. The highest BCUT2D eigenvalue weighted by Gasteiger charge is 2.26. The van der Waals surface area contributed by atoms with E-state index in [4.69, 9.17) is 4.74 Å². The Labute approximate surface area is 182 Å². The maximum atomic E-state index is 13.1. The van der Waals surface area contributed by atoms with Gasteiger partial charge in [0.05, 0.1) is 29.7 Å². The summed E-state index contributed by atoms with van der Waals surface area (Å²) in [6.07, 6.45) is 3.20. The number of rotatable bonds is 6. The second-order valence-corrected chi connectivity index (χ2v) is 8.09. The van der Waals surface area contributed by atoms with E-state index in [1.54, 1.807) is 6.20 Å². The fourth-order valence-corrected chi connectivity index (χ4v) is 3.59. The summed E-state index contributed by atoms with van der Waals surface area (Å²) in [5.74, 6) is 1.86. The lowest BCUT2D eigenvalue weighted by atomic mass is 10.2. The molecule has 2 aromatic heterocycles. The highest BCUT2D eigenvalue weighted by Crippen LogP contribution is 2.20. The van der Waals surface area contributed by atoms with Gasteiger partial charge in [0.25, 0.3) is 5.91 Å². The number of ether oxygens (including phenoxy) is 1. The fourth-order valence-electron chi connectivity index (χ4n) is 3.59. The maximum Gasteiger partial charge on any atom is 0.257 e. The van der Waals surface area contributed by atoms with Crippen molar-refractivity contribution in [1.29, 1.82) is 0 Å². The van der Waals surface area contributed by atoms with Crippen molar-refractivity contribution in [1.82, 2.24) is 24.6 Å². The molecule has 162 valence electrons. The molecule has 3 aromatic rings. The van der Waals surface area contributed by atoms with Crippen LogP contribution in [0, 0.1) is 12.8 Å². The fraction of sp³-hybridized carbons (Fsp3) is 0.391. The topological polar surface area (TPSA) is 76.4 Å². The van der Waals surface area contributed by atoms with E-state index in [0.717, 1.165) is 17.2 Å². The number of piperazine rings is 1. The summed E-state index contributed by atoms with van der Waals surface area (Å²) in [5.41, 5.74) is 2.44. The molecule has 0 unspecified atom stereocenters. The van der Waals surface area contributed by atoms with E-state index in [1.165, 1.54) is 6.33 Å². The SMILES string of the molecule is Cc1c(C(=O)N2CCN(c3cc(OCC(C)C)ncn3)CC2)cnn1-c1ccccc1. The molecule has 0 spiro atoms. The van der Waals surface area contributed by atoms with Crippen LogP contribution in [0.3, 0.4) is 0 Å².